The van der Waals surface area contributed by atoms with E-state index in [0.29, 0.717) is 32.7 Å². The summed E-state index contributed by atoms with van der Waals surface area (Å²) >= 11 is 3.30. The van der Waals surface area contributed by atoms with E-state index in [0.717, 1.165) is 10.0 Å². The van der Waals surface area contributed by atoms with E-state index < -0.39 is 16.6 Å². The van der Waals surface area contributed by atoms with Crippen LogP contribution >= 0.6 is 15.9 Å². The second-order valence-electron chi connectivity index (χ2n) is 6.50. The van der Waals surface area contributed by atoms with E-state index in [1.54, 1.807) is 36.4 Å². The van der Waals surface area contributed by atoms with Crippen molar-refractivity contribution < 1.29 is 26.7 Å². The average Bonchev–Trinajstić information content (AvgIpc) is 2.69. The normalized spacial score (nSPS) is 16.2. The fourth-order valence-electron chi connectivity index (χ4n) is 3.15. The Morgan fingerprint density at radius 3 is 2.28 bits per heavy atom. The van der Waals surface area contributed by atoms with Gasteiger partial charge in [0, 0.05) is 37.2 Å². The van der Waals surface area contributed by atoms with Crippen molar-refractivity contribution in [2.75, 3.05) is 33.3 Å². The number of hydrogen-bond donors (Lipinski definition) is 0. The molecule has 1 aliphatic heterocycles. The van der Waals surface area contributed by atoms with Gasteiger partial charge in [-0.2, -0.15) is 13.1 Å². The number of alkyl halides is 2. The molecule has 1 saturated heterocycles. The fraction of sp³-hybridized carbons (Fsp3) is 0.368. The number of methoxy groups -OCH3 is 1. The SMILES string of the molecule is COc1cc(CN2CCN(S(=O)(=O)c3ccc(Br)cc3)CC2)ccc1OC(F)F. The Bertz CT molecular complexity index is 934. The summed E-state index contributed by atoms with van der Waals surface area (Å²) in [5, 5.41) is 0. The van der Waals surface area contributed by atoms with Crippen molar-refractivity contribution >= 4 is 26.0 Å². The van der Waals surface area contributed by atoms with Crippen LogP contribution in [0.1, 0.15) is 5.56 Å². The molecule has 2 aromatic rings. The van der Waals surface area contributed by atoms with Crippen molar-refractivity contribution in [3.05, 3.63) is 52.5 Å². The number of sulfonamides is 1. The summed E-state index contributed by atoms with van der Waals surface area (Å²) < 4.78 is 62.3. The van der Waals surface area contributed by atoms with Gasteiger partial charge in [0.1, 0.15) is 0 Å². The molecule has 158 valence electrons. The molecule has 0 aromatic heterocycles. The molecule has 0 atom stereocenters. The molecule has 0 N–H and O–H groups in total. The van der Waals surface area contributed by atoms with Crippen LogP contribution in [0.4, 0.5) is 8.78 Å². The Labute approximate surface area is 177 Å². The molecule has 10 heteroatoms. The molecule has 29 heavy (non-hydrogen) atoms. The number of hydrogen-bond acceptors (Lipinski definition) is 5. The summed E-state index contributed by atoms with van der Waals surface area (Å²) in [5.74, 6) is 0.218. The van der Waals surface area contributed by atoms with Gasteiger partial charge in [-0.25, -0.2) is 8.42 Å². The summed E-state index contributed by atoms with van der Waals surface area (Å²) in [6.45, 7) is -0.488. The Kier molecular flexibility index (Phi) is 7.10. The van der Waals surface area contributed by atoms with Crippen molar-refractivity contribution in [1.82, 2.24) is 9.21 Å². The molecule has 0 amide bonds. The highest BCUT2D eigenvalue weighted by molar-refractivity contribution is 9.10. The lowest BCUT2D eigenvalue weighted by Gasteiger charge is -2.34. The monoisotopic (exact) mass is 490 g/mol. The van der Waals surface area contributed by atoms with Gasteiger partial charge in [-0.15, -0.1) is 0 Å². The Morgan fingerprint density at radius 1 is 1.03 bits per heavy atom. The maximum absolute atomic E-state index is 12.8. The third-order valence-corrected chi connectivity index (χ3v) is 7.07. The van der Waals surface area contributed by atoms with E-state index in [9.17, 15) is 17.2 Å². The number of halogens is 3. The molecule has 0 bridgehead atoms. The van der Waals surface area contributed by atoms with Gasteiger partial charge in [0.2, 0.25) is 10.0 Å². The summed E-state index contributed by atoms with van der Waals surface area (Å²) in [7, 11) is -2.13. The molecule has 0 saturated carbocycles. The molecule has 2 aromatic carbocycles. The highest BCUT2D eigenvalue weighted by atomic mass is 79.9. The summed E-state index contributed by atoms with van der Waals surface area (Å²) in [4.78, 5) is 2.38. The molecule has 6 nitrogen and oxygen atoms in total. The van der Waals surface area contributed by atoms with Gasteiger partial charge < -0.3 is 9.47 Å². The van der Waals surface area contributed by atoms with Crippen LogP contribution in [0, 0.1) is 0 Å². The quantitative estimate of drug-likeness (QED) is 0.593. The predicted molar refractivity (Wildman–Crippen MR) is 108 cm³/mol. The number of piperazine rings is 1. The van der Waals surface area contributed by atoms with Crippen LogP contribution in [0.5, 0.6) is 11.5 Å². The smallest absolute Gasteiger partial charge is 0.387 e. The second kappa shape index (κ2) is 9.38. The zero-order valence-corrected chi connectivity index (χ0v) is 18.1. The molecule has 0 aliphatic carbocycles. The third kappa shape index (κ3) is 5.44. The maximum atomic E-state index is 12.8. The number of ether oxygens (including phenoxy) is 2. The molecule has 1 heterocycles. The Morgan fingerprint density at radius 2 is 1.69 bits per heavy atom. The van der Waals surface area contributed by atoms with Crippen molar-refractivity contribution in [3.8, 4) is 11.5 Å². The molecule has 3 rings (SSSR count). The number of benzene rings is 2. The van der Waals surface area contributed by atoms with Gasteiger partial charge in [0.15, 0.2) is 11.5 Å². The van der Waals surface area contributed by atoms with E-state index in [1.807, 2.05) is 0 Å². The van der Waals surface area contributed by atoms with Crippen molar-refractivity contribution in [2.45, 2.75) is 18.1 Å². The van der Waals surface area contributed by atoms with Crippen LogP contribution < -0.4 is 9.47 Å². The fourth-order valence-corrected chi connectivity index (χ4v) is 4.83. The van der Waals surface area contributed by atoms with Crippen LogP contribution in [0.3, 0.4) is 0 Å². The number of rotatable bonds is 7. The van der Waals surface area contributed by atoms with Gasteiger partial charge >= 0.3 is 6.61 Å². The zero-order chi connectivity index (χ0) is 21.0. The molecule has 1 fully saturated rings. The zero-order valence-electron chi connectivity index (χ0n) is 15.7. The first kappa shape index (κ1) is 21.9. The van der Waals surface area contributed by atoms with Crippen LogP contribution in [0.25, 0.3) is 0 Å². The lowest BCUT2D eigenvalue weighted by molar-refractivity contribution is -0.0512. The average molecular weight is 491 g/mol. The predicted octanol–water partition coefficient (Wildman–Crippen LogP) is 3.57. The molecule has 0 unspecified atom stereocenters. The van der Waals surface area contributed by atoms with Crippen LogP contribution in [0.2, 0.25) is 0 Å². The van der Waals surface area contributed by atoms with Gasteiger partial charge in [0.05, 0.1) is 12.0 Å². The second-order valence-corrected chi connectivity index (χ2v) is 9.35. The standard InChI is InChI=1S/C19H21BrF2N2O4S/c1-27-18-12-14(2-7-17(18)28-19(21)22)13-23-8-10-24(11-9-23)29(25,26)16-5-3-15(20)4-6-16/h2-7,12,19H,8-11,13H2,1H3. The van der Waals surface area contributed by atoms with Crippen LogP contribution in [-0.2, 0) is 16.6 Å². The highest BCUT2D eigenvalue weighted by Crippen LogP contribution is 2.30. The van der Waals surface area contributed by atoms with E-state index in [1.165, 1.54) is 17.5 Å². The molecule has 0 radical (unpaired) electrons. The molecule has 0 spiro atoms. The Balaban J connectivity index is 1.62. The number of nitrogens with zero attached hydrogens (tertiary/aromatic N) is 2. The minimum atomic E-state index is -3.52. The lowest BCUT2D eigenvalue weighted by Crippen LogP contribution is -2.48. The van der Waals surface area contributed by atoms with Gasteiger partial charge in [0.25, 0.3) is 0 Å². The van der Waals surface area contributed by atoms with Crippen LogP contribution in [-0.4, -0.2) is 57.5 Å². The first-order chi connectivity index (χ1) is 13.8. The first-order valence-electron chi connectivity index (χ1n) is 8.89. The topological polar surface area (TPSA) is 59.1 Å². The lowest BCUT2D eigenvalue weighted by atomic mass is 10.1. The van der Waals surface area contributed by atoms with E-state index in [2.05, 4.69) is 25.6 Å². The minimum Gasteiger partial charge on any atom is -0.493 e. The first-order valence-corrected chi connectivity index (χ1v) is 11.1. The third-order valence-electron chi connectivity index (χ3n) is 4.63. The van der Waals surface area contributed by atoms with E-state index in [4.69, 9.17) is 4.74 Å². The minimum absolute atomic E-state index is 0.0170. The summed E-state index contributed by atoms with van der Waals surface area (Å²) in [5.41, 5.74) is 0.868. The van der Waals surface area contributed by atoms with E-state index >= 15 is 0 Å². The van der Waals surface area contributed by atoms with Crippen molar-refractivity contribution in [1.29, 1.82) is 0 Å². The molecule has 1 aliphatic rings. The van der Waals surface area contributed by atoms with Crippen molar-refractivity contribution in [3.63, 3.8) is 0 Å². The molecular formula is C19H21BrF2N2O4S. The summed E-state index contributed by atoms with van der Waals surface area (Å²) in [6.07, 6.45) is 0. The van der Waals surface area contributed by atoms with Gasteiger partial charge in [-0.3, -0.25) is 4.90 Å². The maximum Gasteiger partial charge on any atom is 0.387 e. The molecular weight excluding hydrogens is 470 g/mol. The summed E-state index contributed by atoms with van der Waals surface area (Å²) in [6, 6.07) is 11.4. The van der Waals surface area contributed by atoms with Crippen LogP contribution in [0.15, 0.2) is 51.8 Å². The van der Waals surface area contributed by atoms with Gasteiger partial charge in [-0.05, 0) is 42.0 Å². The largest absolute Gasteiger partial charge is 0.493 e. The van der Waals surface area contributed by atoms with Crippen molar-refractivity contribution in [2.24, 2.45) is 0 Å². The highest BCUT2D eigenvalue weighted by Gasteiger charge is 2.28. The van der Waals surface area contributed by atoms with E-state index in [-0.39, 0.29) is 16.4 Å². The Hall–Kier alpha value is -1.75. The van der Waals surface area contributed by atoms with Gasteiger partial charge in [-0.1, -0.05) is 22.0 Å².